The first-order chi connectivity index (χ1) is 9.78. The monoisotopic (exact) mass is 276 g/mol. The molecule has 0 aliphatic heterocycles. The molecule has 2 unspecified atom stereocenters. The maximum absolute atomic E-state index is 12.1. The highest BCUT2D eigenvalue weighted by atomic mass is 16.5. The third-order valence-corrected chi connectivity index (χ3v) is 3.72. The van der Waals surface area contributed by atoms with Crippen molar-refractivity contribution in [2.75, 3.05) is 6.61 Å². The molecule has 3 rings (SSSR count). The summed E-state index contributed by atoms with van der Waals surface area (Å²) in [5.74, 6) is 0.809. The van der Waals surface area contributed by atoms with Gasteiger partial charge in [0.05, 0.1) is 6.26 Å². The van der Waals surface area contributed by atoms with E-state index in [1.165, 1.54) is 6.26 Å². The Morgan fingerprint density at radius 2 is 2.35 bits per heavy atom. The molecule has 0 saturated heterocycles. The van der Waals surface area contributed by atoms with Crippen LogP contribution in [0.4, 0.5) is 0 Å². The highest BCUT2D eigenvalue weighted by molar-refractivity contribution is 5.93. The van der Waals surface area contributed by atoms with Crippen molar-refractivity contribution in [1.29, 1.82) is 0 Å². The first-order valence-electron chi connectivity index (χ1n) is 6.70. The van der Waals surface area contributed by atoms with Crippen LogP contribution in [0.3, 0.4) is 0 Å². The van der Waals surface area contributed by atoms with Crippen LogP contribution in [-0.2, 0) is 0 Å². The van der Waals surface area contributed by atoms with E-state index in [0.29, 0.717) is 11.5 Å². The van der Waals surface area contributed by atoms with Gasteiger partial charge in [0.25, 0.3) is 5.91 Å². The Kier molecular flexibility index (Phi) is 3.56. The summed E-state index contributed by atoms with van der Waals surface area (Å²) >= 11 is 0. The minimum absolute atomic E-state index is 0.0104. The Morgan fingerprint density at radius 1 is 1.45 bits per heavy atom. The number of rotatable bonds is 4. The van der Waals surface area contributed by atoms with E-state index in [4.69, 9.17) is 8.94 Å². The van der Waals surface area contributed by atoms with Crippen LogP contribution < -0.4 is 5.32 Å². The average molecular weight is 276 g/mol. The molecule has 2 atom stereocenters. The van der Waals surface area contributed by atoms with Crippen molar-refractivity contribution in [1.82, 2.24) is 10.5 Å². The second-order valence-electron chi connectivity index (χ2n) is 5.01. The van der Waals surface area contributed by atoms with Crippen LogP contribution in [-0.4, -0.2) is 28.8 Å². The van der Waals surface area contributed by atoms with Gasteiger partial charge < -0.3 is 19.4 Å². The molecule has 2 aromatic rings. The van der Waals surface area contributed by atoms with Crippen LogP contribution in [0.5, 0.6) is 0 Å². The molecule has 1 fully saturated rings. The molecular weight excluding hydrogens is 260 g/mol. The van der Waals surface area contributed by atoms with Gasteiger partial charge in [0.2, 0.25) is 5.76 Å². The Labute approximate surface area is 115 Å². The van der Waals surface area contributed by atoms with Crippen LogP contribution in [0.1, 0.15) is 29.8 Å². The molecule has 0 radical (unpaired) electrons. The number of carbonyl (C=O) groups is 1. The smallest absolute Gasteiger partial charge is 0.273 e. The normalized spacial score (nSPS) is 22.1. The van der Waals surface area contributed by atoms with Gasteiger partial charge in [-0.25, -0.2) is 0 Å². The summed E-state index contributed by atoms with van der Waals surface area (Å²) in [6.07, 6.45) is 4.38. The second-order valence-corrected chi connectivity index (χ2v) is 5.01. The largest absolute Gasteiger partial charge is 0.461 e. The number of aromatic nitrogens is 1. The summed E-state index contributed by atoms with van der Waals surface area (Å²) in [6, 6.07) is 5.04. The number of amides is 1. The summed E-state index contributed by atoms with van der Waals surface area (Å²) in [6.45, 7) is 0.0986. The Bertz CT molecular complexity index is 576. The highest BCUT2D eigenvalue weighted by Gasteiger charge is 2.29. The van der Waals surface area contributed by atoms with Gasteiger partial charge in [-0.3, -0.25) is 4.79 Å². The van der Waals surface area contributed by atoms with Gasteiger partial charge >= 0.3 is 0 Å². The lowest BCUT2D eigenvalue weighted by molar-refractivity contribution is 0.0907. The molecule has 2 aromatic heterocycles. The molecule has 1 amide bonds. The number of nitrogens with zero attached hydrogens (tertiary/aromatic N) is 1. The summed E-state index contributed by atoms with van der Waals surface area (Å²) in [7, 11) is 0. The standard InChI is InChI=1S/C14H16N2O4/c17-8-9-3-1-4-10(9)15-14(18)11-7-13(20-16-11)12-5-2-6-19-12/h2,5-7,9-10,17H,1,3-4,8H2,(H,15,18). The zero-order valence-electron chi connectivity index (χ0n) is 10.9. The molecular formula is C14H16N2O4. The third kappa shape index (κ3) is 2.46. The lowest BCUT2D eigenvalue weighted by atomic mass is 10.1. The van der Waals surface area contributed by atoms with Crippen LogP contribution in [0.15, 0.2) is 33.4 Å². The van der Waals surface area contributed by atoms with E-state index in [2.05, 4.69) is 10.5 Å². The van der Waals surface area contributed by atoms with Gasteiger partial charge in [0.15, 0.2) is 11.5 Å². The Hall–Kier alpha value is -2.08. The van der Waals surface area contributed by atoms with Crippen molar-refractivity contribution >= 4 is 5.91 Å². The molecule has 0 bridgehead atoms. The van der Waals surface area contributed by atoms with Crippen molar-refractivity contribution in [3.63, 3.8) is 0 Å². The van der Waals surface area contributed by atoms with Crippen LogP contribution in [0, 0.1) is 5.92 Å². The van der Waals surface area contributed by atoms with Crippen LogP contribution in [0.2, 0.25) is 0 Å². The Morgan fingerprint density at radius 3 is 3.10 bits per heavy atom. The maximum Gasteiger partial charge on any atom is 0.273 e. The molecule has 1 saturated carbocycles. The Balaban J connectivity index is 1.68. The number of aliphatic hydroxyl groups excluding tert-OH is 1. The molecule has 0 spiro atoms. The zero-order chi connectivity index (χ0) is 13.9. The van der Waals surface area contributed by atoms with Gasteiger partial charge in [0, 0.05) is 24.6 Å². The molecule has 2 N–H and O–H groups in total. The summed E-state index contributed by atoms with van der Waals surface area (Å²) in [4.78, 5) is 12.1. The van der Waals surface area contributed by atoms with Crippen molar-refractivity contribution < 1.29 is 18.8 Å². The van der Waals surface area contributed by atoms with Gasteiger partial charge in [-0.05, 0) is 25.0 Å². The van der Waals surface area contributed by atoms with E-state index in [9.17, 15) is 9.90 Å². The fraction of sp³-hybridized carbons (Fsp3) is 0.429. The van der Waals surface area contributed by atoms with Gasteiger partial charge in [-0.15, -0.1) is 0 Å². The van der Waals surface area contributed by atoms with E-state index in [1.54, 1.807) is 18.2 Å². The number of furan rings is 1. The highest BCUT2D eigenvalue weighted by Crippen LogP contribution is 2.26. The fourth-order valence-corrected chi connectivity index (χ4v) is 2.60. The molecule has 106 valence electrons. The fourth-order valence-electron chi connectivity index (χ4n) is 2.60. The molecule has 6 heteroatoms. The number of hydrogen-bond acceptors (Lipinski definition) is 5. The first-order valence-corrected chi connectivity index (χ1v) is 6.70. The molecule has 1 aliphatic rings. The van der Waals surface area contributed by atoms with Crippen molar-refractivity contribution in [3.8, 4) is 11.5 Å². The predicted molar refractivity (Wildman–Crippen MR) is 69.9 cm³/mol. The lowest BCUT2D eigenvalue weighted by Crippen LogP contribution is -2.38. The first kappa shape index (κ1) is 12.9. The lowest BCUT2D eigenvalue weighted by Gasteiger charge is -2.17. The van der Waals surface area contributed by atoms with Gasteiger partial charge in [-0.2, -0.15) is 0 Å². The maximum atomic E-state index is 12.1. The zero-order valence-corrected chi connectivity index (χ0v) is 10.9. The molecule has 1 aliphatic carbocycles. The van der Waals surface area contributed by atoms with Gasteiger partial charge in [0.1, 0.15) is 0 Å². The van der Waals surface area contributed by atoms with Crippen LogP contribution in [0.25, 0.3) is 11.5 Å². The average Bonchev–Trinajstić information content (AvgIpc) is 3.19. The molecule has 6 nitrogen and oxygen atoms in total. The second kappa shape index (κ2) is 5.50. The van der Waals surface area contributed by atoms with E-state index in [1.807, 2.05) is 0 Å². The number of carbonyl (C=O) groups excluding carboxylic acids is 1. The summed E-state index contributed by atoms with van der Waals surface area (Å²) < 4.78 is 10.3. The van der Waals surface area contributed by atoms with Gasteiger partial charge in [-0.1, -0.05) is 11.6 Å². The minimum atomic E-state index is -0.281. The number of aliphatic hydroxyl groups is 1. The molecule has 20 heavy (non-hydrogen) atoms. The topological polar surface area (TPSA) is 88.5 Å². The van der Waals surface area contributed by atoms with Crippen molar-refractivity contribution in [2.24, 2.45) is 5.92 Å². The van der Waals surface area contributed by atoms with Crippen molar-refractivity contribution in [3.05, 3.63) is 30.2 Å². The van der Waals surface area contributed by atoms with E-state index >= 15 is 0 Å². The number of nitrogens with one attached hydrogen (secondary N) is 1. The van der Waals surface area contributed by atoms with E-state index in [0.717, 1.165) is 19.3 Å². The van der Waals surface area contributed by atoms with E-state index in [-0.39, 0.29) is 30.2 Å². The van der Waals surface area contributed by atoms with E-state index < -0.39 is 0 Å². The summed E-state index contributed by atoms with van der Waals surface area (Å²) in [5.41, 5.74) is 0.222. The van der Waals surface area contributed by atoms with Crippen molar-refractivity contribution in [2.45, 2.75) is 25.3 Å². The van der Waals surface area contributed by atoms with Crippen LogP contribution >= 0.6 is 0 Å². The predicted octanol–water partition coefficient (Wildman–Crippen LogP) is 1.83. The third-order valence-electron chi connectivity index (χ3n) is 3.72. The molecule has 2 heterocycles. The quantitative estimate of drug-likeness (QED) is 0.889. The number of hydrogen-bond donors (Lipinski definition) is 2. The summed E-state index contributed by atoms with van der Waals surface area (Å²) in [5, 5.41) is 15.9. The molecule has 0 aromatic carbocycles. The minimum Gasteiger partial charge on any atom is -0.461 e. The SMILES string of the molecule is O=C(NC1CCCC1CO)c1cc(-c2ccco2)on1.